The molecule has 8 heteroatoms. The molecule has 1 aliphatic carbocycles. The Morgan fingerprint density at radius 2 is 1.75 bits per heavy atom. The normalized spacial score (nSPS) is 20.2. The number of halogens is 3. The van der Waals surface area contributed by atoms with Crippen LogP contribution in [0.5, 0.6) is 0 Å². The van der Waals surface area contributed by atoms with Gasteiger partial charge in [0.15, 0.2) is 5.57 Å². The summed E-state index contributed by atoms with van der Waals surface area (Å²) in [5, 5.41) is 4.84. The molecule has 28 heavy (non-hydrogen) atoms. The second-order valence-corrected chi connectivity index (χ2v) is 6.97. The van der Waals surface area contributed by atoms with Gasteiger partial charge in [-0.05, 0) is 43.4 Å². The summed E-state index contributed by atoms with van der Waals surface area (Å²) in [5.74, 6) is -2.14. The van der Waals surface area contributed by atoms with Gasteiger partial charge in [0.1, 0.15) is 0 Å². The average molecular weight is 394 g/mol. The van der Waals surface area contributed by atoms with E-state index in [1.54, 1.807) is 12.1 Å². The van der Waals surface area contributed by atoms with E-state index in [9.17, 15) is 22.8 Å². The van der Waals surface area contributed by atoms with Crippen molar-refractivity contribution in [2.24, 2.45) is 5.10 Å². The Bertz CT molecular complexity index is 835. The number of benzene rings is 1. The van der Waals surface area contributed by atoms with E-state index >= 15 is 0 Å². The van der Waals surface area contributed by atoms with Crippen LogP contribution in [0.25, 0.3) is 0 Å². The Morgan fingerprint density at radius 3 is 2.29 bits per heavy atom. The fraction of sp³-hybridized carbons (Fsp3) is 0.450. The minimum Gasteiger partial charge on any atom is -0.465 e. The maximum Gasteiger partial charge on any atom is 0.424 e. The lowest BCUT2D eigenvalue weighted by Gasteiger charge is -2.22. The number of ether oxygens (including phenoxy) is 1. The minimum atomic E-state index is -5.03. The summed E-state index contributed by atoms with van der Waals surface area (Å²) in [6.45, 7) is 1.26. The number of hydrazone groups is 1. The van der Waals surface area contributed by atoms with E-state index in [4.69, 9.17) is 0 Å². The van der Waals surface area contributed by atoms with Crippen molar-refractivity contribution in [2.45, 2.75) is 51.1 Å². The molecule has 1 saturated carbocycles. The number of alkyl halides is 3. The van der Waals surface area contributed by atoms with E-state index in [0.29, 0.717) is 11.6 Å². The predicted octanol–water partition coefficient (Wildman–Crippen LogP) is 4.49. The number of carbonyl (C=O) groups is 2. The second kappa shape index (κ2) is 7.77. The van der Waals surface area contributed by atoms with Crippen LogP contribution >= 0.6 is 0 Å². The summed E-state index contributed by atoms with van der Waals surface area (Å²) in [7, 11) is 0.836. The zero-order valence-electron chi connectivity index (χ0n) is 15.7. The van der Waals surface area contributed by atoms with E-state index in [1.807, 2.05) is 12.1 Å². The van der Waals surface area contributed by atoms with Crippen LogP contribution < -0.4 is 5.01 Å². The summed E-state index contributed by atoms with van der Waals surface area (Å²) in [5.41, 5.74) is -1.10. The molecule has 3 rings (SSSR count). The first-order chi connectivity index (χ1) is 13.2. The number of anilines is 1. The van der Waals surface area contributed by atoms with Crippen molar-refractivity contribution in [3.63, 3.8) is 0 Å². The molecule has 0 atom stereocenters. The van der Waals surface area contributed by atoms with E-state index in [0.717, 1.165) is 30.5 Å². The molecule has 1 aliphatic heterocycles. The highest BCUT2D eigenvalue weighted by molar-refractivity contribution is 6.32. The van der Waals surface area contributed by atoms with Crippen molar-refractivity contribution in [3.8, 4) is 0 Å². The molecule has 0 radical (unpaired) electrons. The summed E-state index contributed by atoms with van der Waals surface area (Å²) in [4.78, 5) is 24.3. The van der Waals surface area contributed by atoms with Crippen LogP contribution in [0, 0.1) is 0 Å². The van der Waals surface area contributed by atoms with Gasteiger partial charge in [0.25, 0.3) is 5.91 Å². The molecule has 0 unspecified atom stereocenters. The molecule has 1 amide bonds. The molecule has 1 heterocycles. The van der Waals surface area contributed by atoms with E-state index < -0.39 is 29.2 Å². The number of nitrogens with zero attached hydrogens (tertiary/aromatic N) is 2. The smallest absolute Gasteiger partial charge is 0.424 e. The first-order valence-corrected chi connectivity index (χ1v) is 9.13. The van der Waals surface area contributed by atoms with E-state index in [1.165, 1.54) is 26.2 Å². The summed E-state index contributed by atoms with van der Waals surface area (Å²) in [6.07, 6.45) is 0.794. The standard InChI is InChI=1S/C20H21F3N2O3/c1-12-16(17(19(27)28-2)20(21,22)23)18(26)25(24-12)15-10-8-14(9-11-15)13-6-4-3-5-7-13/h8-11,13H,3-7H2,1-2H3. The van der Waals surface area contributed by atoms with Gasteiger partial charge < -0.3 is 4.74 Å². The quantitative estimate of drug-likeness (QED) is 0.561. The molecular formula is C20H21F3N2O3. The second-order valence-electron chi connectivity index (χ2n) is 6.97. The van der Waals surface area contributed by atoms with E-state index in [-0.39, 0.29) is 5.71 Å². The topological polar surface area (TPSA) is 59.0 Å². The molecule has 0 N–H and O–H groups in total. The summed E-state index contributed by atoms with van der Waals surface area (Å²) >= 11 is 0. The highest BCUT2D eigenvalue weighted by Crippen LogP contribution is 2.36. The number of hydrogen-bond acceptors (Lipinski definition) is 4. The molecular weight excluding hydrogens is 373 g/mol. The lowest BCUT2D eigenvalue weighted by molar-refractivity contribution is -0.148. The monoisotopic (exact) mass is 394 g/mol. The van der Waals surface area contributed by atoms with Crippen LogP contribution in [0.1, 0.15) is 50.5 Å². The number of hydrogen-bond donors (Lipinski definition) is 0. The molecule has 1 fully saturated rings. The van der Waals surface area contributed by atoms with Gasteiger partial charge in [0, 0.05) is 0 Å². The highest BCUT2D eigenvalue weighted by Gasteiger charge is 2.47. The van der Waals surface area contributed by atoms with Gasteiger partial charge in [0.2, 0.25) is 0 Å². The molecule has 1 aromatic rings. The Kier molecular flexibility index (Phi) is 5.58. The maximum atomic E-state index is 13.4. The lowest BCUT2D eigenvalue weighted by atomic mass is 9.84. The zero-order valence-corrected chi connectivity index (χ0v) is 15.7. The van der Waals surface area contributed by atoms with Crippen LogP contribution in [0.3, 0.4) is 0 Å². The fourth-order valence-electron chi connectivity index (χ4n) is 3.75. The van der Waals surface area contributed by atoms with Crippen LogP contribution in [0.2, 0.25) is 0 Å². The minimum absolute atomic E-state index is 0.181. The molecule has 150 valence electrons. The number of rotatable bonds is 3. The Labute approximate surface area is 160 Å². The number of methoxy groups -OCH3 is 1. The van der Waals surface area contributed by atoms with Gasteiger partial charge in [-0.2, -0.15) is 23.3 Å². The molecule has 0 saturated heterocycles. The molecule has 1 aromatic carbocycles. The van der Waals surface area contributed by atoms with Gasteiger partial charge in [-0.1, -0.05) is 31.4 Å². The molecule has 0 spiro atoms. The van der Waals surface area contributed by atoms with Gasteiger partial charge in [-0.3, -0.25) is 4.79 Å². The van der Waals surface area contributed by atoms with Crippen molar-refractivity contribution in [2.75, 3.05) is 12.1 Å². The van der Waals surface area contributed by atoms with Crippen LogP contribution in [-0.4, -0.2) is 30.9 Å². The van der Waals surface area contributed by atoms with Crippen molar-refractivity contribution < 1.29 is 27.5 Å². The summed E-state index contributed by atoms with van der Waals surface area (Å²) in [6, 6.07) is 7.12. The molecule has 0 aromatic heterocycles. The highest BCUT2D eigenvalue weighted by atomic mass is 19.4. The van der Waals surface area contributed by atoms with Crippen LogP contribution in [0.4, 0.5) is 18.9 Å². The van der Waals surface area contributed by atoms with Crippen molar-refractivity contribution in [1.29, 1.82) is 0 Å². The SMILES string of the molecule is COC(=O)C(=C1C(=O)N(c2ccc(C3CCCCC3)cc2)N=C1C)C(F)(F)F. The van der Waals surface area contributed by atoms with Crippen LogP contribution in [-0.2, 0) is 14.3 Å². The molecule has 5 nitrogen and oxygen atoms in total. The van der Waals surface area contributed by atoms with Gasteiger partial charge in [-0.25, -0.2) is 4.79 Å². The lowest BCUT2D eigenvalue weighted by Crippen LogP contribution is -2.29. The number of esters is 1. The van der Waals surface area contributed by atoms with E-state index in [2.05, 4.69) is 9.84 Å². The van der Waals surface area contributed by atoms with Gasteiger partial charge >= 0.3 is 12.1 Å². The predicted molar refractivity (Wildman–Crippen MR) is 98.0 cm³/mol. The Morgan fingerprint density at radius 1 is 1.14 bits per heavy atom. The number of carbonyl (C=O) groups excluding carboxylic acids is 2. The Hall–Kier alpha value is -2.64. The van der Waals surface area contributed by atoms with Gasteiger partial charge in [-0.15, -0.1) is 0 Å². The summed E-state index contributed by atoms with van der Waals surface area (Å²) < 4.78 is 44.3. The third kappa shape index (κ3) is 3.81. The first-order valence-electron chi connectivity index (χ1n) is 9.13. The third-order valence-electron chi connectivity index (χ3n) is 5.16. The molecule has 2 aliphatic rings. The fourth-order valence-corrected chi connectivity index (χ4v) is 3.75. The first kappa shape index (κ1) is 20.1. The van der Waals surface area contributed by atoms with Crippen molar-refractivity contribution in [3.05, 3.63) is 41.0 Å². The largest absolute Gasteiger partial charge is 0.465 e. The Balaban J connectivity index is 1.92. The maximum absolute atomic E-state index is 13.4. The zero-order chi connectivity index (χ0) is 20.5. The van der Waals surface area contributed by atoms with Crippen LogP contribution in [0.15, 0.2) is 40.5 Å². The van der Waals surface area contributed by atoms with Crippen molar-refractivity contribution in [1.82, 2.24) is 0 Å². The van der Waals surface area contributed by atoms with Crippen molar-refractivity contribution >= 4 is 23.3 Å². The number of amides is 1. The molecule has 0 bridgehead atoms. The van der Waals surface area contributed by atoms with Gasteiger partial charge in [0.05, 0.1) is 24.1 Å². The third-order valence-corrected chi connectivity index (χ3v) is 5.16. The average Bonchev–Trinajstić information content (AvgIpc) is 2.96.